The van der Waals surface area contributed by atoms with E-state index in [9.17, 15) is 22.0 Å². The number of alkyl halides is 5. The van der Waals surface area contributed by atoms with Crippen molar-refractivity contribution in [2.45, 2.75) is 37.7 Å². The first kappa shape index (κ1) is 12.6. The minimum atomic E-state index is -5.57. The van der Waals surface area contributed by atoms with Gasteiger partial charge in [0, 0.05) is 6.61 Å². The normalized spacial score (nSPS) is 24.2. The van der Waals surface area contributed by atoms with Crippen LogP contribution in [-0.2, 0) is 9.47 Å². The van der Waals surface area contributed by atoms with Crippen LogP contribution in [0.3, 0.4) is 0 Å². The monoisotopic (exact) mass is 234 g/mol. The van der Waals surface area contributed by atoms with Crippen LogP contribution in [0.2, 0.25) is 0 Å². The van der Waals surface area contributed by atoms with E-state index in [0.717, 1.165) is 6.42 Å². The van der Waals surface area contributed by atoms with Gasteiger partial charge in [-0.25, -0.2) is 0 Å². The quantitative estimate of drug-likeness (QED) is 0.699. The summed E-state index contributed by atoms with van der Waals surface area (Å²) in [6.45, 7) is -1.34. The fraction of sp³-hybridized carbons (Fsp3) is 1.00. The molecule has 90 valence electrons. The zero-order chi connectivity index (χ0) is 11.5. The Morgan fingerprint density at radius 2 is 1.80 bits per heavy atom. The summed E-state index contributed by atoms with van der Waals surface area (Å²) in [7, 11) is 0. The highest BCUT2D eigenvalue weighted by Crippen LogP contribution is 2.36. The van der Waals surface area contributed by atoms with Gasteiger partial charge in [-0.05, 0) is 19.3 Å². The van der Waals surface area contributed by atoms with Crippen molar-refractivity contribution < 1.29 is 31.4 Å². The van der Waals surface area contributed by atoms with E-state index in [1.165, 1.54) is 0 Å². The van der Waals surface area contributed by atoms with Gasteiger partial charge < -0.3 is 9.47 Å². The predicted octanol–water partition coefficient (Wildman–Crippen LogP) is 2.73. The average molecular weight is 234 g/mol. The van der Waals surface area contributed by atoms with Crippen molar-refractivity contribution in [3.05, 3.63) is 0 Å². The van der Waals surface area contributed by atoms with E-state index in [1.807, 2.05) is 0 Å². The number of hydrogen-bond donors (Lipinski definition) is 0. The number of rotatable bonds is 3. The van der Waals surface area contributed by atoms with Crippen molar-refractivity contribution >= 4 is 0 Å². The third kappa shape index (κ3) is 3.57. The Morgan fingerprint density at radius 3 is 2.27 bits per heavy atom. The molecule has 0 amide bonds. The lowest BCUT2D eigenvalue weighted by Crippen LogP contribution is -2.42. The minimum Gasteiger partial charge on any atom is -0.353 e. The topological polar surface area (TPSA) is 18.5 Å². The molecule has 1 unspecified atom stereocenters. The maximum absolute atomic E-state index is 12.4. The Kier molecular flexibility index (Phi) is 3.88. The molecule has 0 N–H and O–H groups in total. The second-order valence-corrected chi connectivity index (χ2v) is 3.31. The van der Waals surface area contributed by atoms with E-state index >= 15 is 0 Å². The molecule has 15 heavy (non-hydrogen) atoms. The summed E-state index contributed by atoms with van der Waals surface area (Å²) < 4.78 is 69.2. The van der Waals surface area contributed by atoms with Gasteiger partial charge in [0.1, 0.15) is 6.61 Å². The third-order valence-electron chi connectivity index (χ3n) is 2.00. The molecule has 1 aliphatic heterocycles. The lowest BCUT2D eigenvalue weighted by atomic mass is 10.2. The van der Waals surface area contributed by atoms with E-state index in [0.29, 0.717) is 19.4 Å². The molecule has 0 bridgehead atoms. The van der Waals surface area contributed by atoms with E-state index in [1.54, 1.807) is 0 Å². The van der Waals surface area contributed by atoms with Gasteiger partial charge in [0.2, 0.25) is 0 Å². The highest BCUT2D eigenvalue weighted by atomic mass is 19.4. The fourth-order valence-electron chi connectivity index (χ4n) is 1.12. The molecule has 0 aromatic heterocycles. The van der Waals surface area contributed by atoms with E-state index < -0.39 is 25.0 Å². The standard InChI is InChI=1S/C8H11F5O2/c9-7(10,8(11,12)13)5-15-6-3-1-2-4-14-6/h6H,1-5H2. The maximum Gasteiger partial charge on any atom is 0.455 e. The Morgan fingerprint density at radius 1 is 1.13 bits per heavy atom. The average Bonchev–Trinajstić information content (AvgIpc) is 2.15. The predicted molar refractivity (Wildman–Crippen MR) is 40.5 cm³/mol. The third-order valence-corrected chi connectivity index (χ3v) is 2.00. The van der Waals surface area contributed by atoms with Crippen LogP contribution in [0.4, 0.5) is 22.0 Å². The molecule has 1 saturated heterocycles. The van der Waals surface area contributed by atoms with Crippen LogP contribution in [0.25, 0.3) is 0 Å². The van der Waals surface area contributed by atoms with Crippen LogP contribution in [0, 0.1) is 0 Å². The molecule has 0 aliphatic carbocycles. The molecule has 1 fully saturated rings. The minimum absolute atomic E-state index is 0.336. The van der Waals surface area contributed by atoms with Crippen molar-refractivity contribution in [1.29, 1.82) is 0 Å². The van der Waals surface area contributed by atoms with Crippen molar-refractivity contribution in [1.82, 2.24) is 0 Å². The Hall–Kier alpha value is -0.430. The second-order valence-electron chi connectivity index (χ2n) is 3.31. The maximum atomic E-state index is 12.4. The molecular weight excluding hydrogens is 223 g/mol. The van der Waals surface area contributed by atoms with E-state index in [2.05, 4.69) is 4.74 Å². The zero-order valence-corrected chi connectivity index (χ0v) is 7.82. The fourth-order valence-corrected chi connectivity index (χ4v) is 1.12. The lowest BCUT2D eigenvalue weighted by Gasteiger charge is -2.26. The van der Waals surface area contributed by atoms with Gasteiger partial charge in [0.05, 0.1) is 0 Å². The molecule has 0 saturated carbocycles. The van der Waals surface area contributed by atoms with Crippen molar-refractivity contribution in [2.75, 3.05) is 13.2 Å². The van der Waals surface area contributed by atoms with Crippen LogP contribution < -0.4 is 0 Å². The highest BCUT2D eigenvalue weighted by Gasteiger charge is 2.57. The van der Waals surface area contributed by atoms with Crippen molar-refractivity contribution in [3.63, 3.8) is 0 Å². The van der Waals surface area contributed by atoms with Gasteiger partial charge in [0.15, 0.2) is 6.29 Å². The molecule has 7 heteroatoms. The van der Waals surface area contributed by atoms with Crippen LogP contribution in [0.15, 0.2) is 0 Å². The van der Waals surface area contributed by atoms with Gasteiger partial charge >= 0.3 is 12.1 Å². The molecule has 1 heterocycles. The summed E-state index contributed by atoms with van der Waals surface area (Å²) in [6.07, 6.45) is -4.67. The largest absolute Gasteiger partial charge is 0.455 e. The molecule has 0 aromatic carbocycles. The first-order valence-corrected chi connectivity index (χ1v) is 4.51. The molecule has 1 rings (SSSR count). The number of halogens is 5. The van der Waals surface area contributed by atoms with Crippen molar-refractivity contribution in [2.24, 2.45) is 0 Å². The van der Waals surface area contributed by atoms with E-state index in [4.69, 9.17) is 4.74 Å². The van der Waals surface area contributed by atoms with Crippen LogP contribution in [0.1, 0.15) is 19.3 Å². The Labute approximate surface area is 83.3 Å². The molecule has 2 nitrogen and oxygen atoms in total. The summed E-state index contributed by atoms with van der Waals surface area (Å²) in [5.41, 5.74) is 0. The summed E-state index contributed by atoms with van der Waals surface area (Å²) in [5, 5.41) is 0. The summed E-state index contributed by atoms with van der Waals surface area (Å²) in [6, 6.07) is 0. The summed E-state index contributed by atoms with van der Waals surface area (Å²) in [5.74, 6) is -4.81. The molecule has 1 aliphatic rings. The molecule has 0 radical (unpaired) electrons. The van der Waals surface area contributed by atoms with Gasteiger partial charge in [-0.1, -0.05) is 0 Å². The smallest absolute Gasteiger partial charge is 0.353 e. The Balaban J connectivity index is 2.35. The molecule has 0 spiro atoms. The highest BCUT2D eigenvalue weighted by molar-refractivity contribution is 4.75. The molecule has 1 atom stereocenters. The van der Waals surface area contributed by atoms with Gasteiger partial charge in [-0.15, -0.1) is 0 Å². The second kappa shape index (κ2) is 4.61. The number of ether oxygens (including phenoxy) is 2. The van der Waals surface area contributed by atoms with Gasteiger partial charge in [-0.3, -0.25) is 0 Å². The first-order valence-electron chi connectivity index (χ1n) is 4.51. The lowest BCUT2D eigenvalue weighted by molar-refractivity contribution is -0.312. The van der Waals surface area contributed by atoms with Gasteiger partial charge in [-0.2, -0.15) is 22.0 Å². The number of hydrogen-bond acceptors (Lipinski definition) is 2. The van der Waals surface area contributed by atoms with E-state index in [-0.39, 0.29) is 0 Å². The van der Waals surface area contributed by atoms with Crippen LogP contribution >= 0.6 is 0 Å². The van der Waals surface area contributed by atoms with Gasteiger partial charge in [0.25, 0.3) is 0 Å². The Bertz CT molecular complexity index is 198. The SMILES string of the molecule is FC(F)(F)C(F)(F)COC1CCCCO1. The molecule has 0 aromatic rings. The zero-order valence-electron chi connectivity index (χ0n) is 7.82. The van der Waals surface area contributed by atoms with Crippen LogP contribution in [-0.4, -0.2) is 31.6 Å². The summed E-state index contributed by atoms with van der Waals surface area (Å²) in [4.78, 5) is 0. The first-order chi connectivity index (χ1) is 6.83. The molecular formula is C8H11F5O2. The van der Waals surface area contributed by atoms with Crippen molar-refractivity contribution in [3.8, 4) is 0 Å². The van der Waals surface area contributed by atoms with Crippen LogP contribution in [0.5, 0.6) is 0 Å². The summed E-state index contributed by atoms with van der Waals surface area (Å²) >= 11 is 0.